The Morgan fingerprint density at radius 3 is 2.67 bits per heavy atom. The van der Waals surface area contributed by atoms with Gasteiger partial charge in [-0.2, -0.15) is 0 Å². The molecule has 1 amide bonds. The molecule has 1 aliphatic rings. The fourth-order valence-corrected chi connectivity index (χ4v) is 6.02. The summed E-state index contributed by atoms with van der Waals surface area (Å²) in [6, 6.07) is 1.03. The number of aliphatic carboxylic acids is 1. The van der Waals surface area contributed by atoms with Gasteiger partial charge < -0.3 is 25.4 Å². The summed E-state index contributed by atoms with van der Waals surface area (Å²) in [7, 11) is 3.44. The lowest BCUT2D eigenvalue weighted by atomic mass is 10.00. The van der Waals surface area contributed by atoms with Crippen molar-refractivity contribution in [3.63, 3.8) is 0 Å². The van der Waals surface area contributed by atoms with Crippen molar-refractivity contribution >= 4 is 61.2 Å². The van der Waals surface area contributed by atoms with E-state index in [2.05, 4.69) is 14.7 Å². The number of amides is 1. The highest BCUT2D eigenvalue weighted by Gasteiger charge is 2.44. The maximum absolute atomic E-state index is 13.4. The SMILES string of the molecule is CN(C)c1ncc(N([C@H]2CCN([C@H](Cc3cc4ccnc(N)c4cc3OC(F)(F)F)C(=O)O)C2=O)S(=O)O)s1. The van der Waals surface area contributed by atoms with Crippen molar-refractivity contribution in [1.29, 1.82) is 0 Å². The Bertz CT molecular complexity index is 1440. The lowest BCUT2D eigenvalue weighted by Gasteiger charge is -2.28. The summed E-state index contributed by atoms with van der Waals surface area (Å²) < 4.78 is 66.9. The maximum Gasteiger partial charge on any atom is 0.573 e. The first-order valence-electron chi connectivity index (χ1n) is 11.3. The van der Waals surface area contributed by atoms with Crippen molar-refractivity contribution in [3.05, 3.63) is 36.2 Å². The fraction of sp³-hybridized carbons (Fsp3) is 0.364. The number of benzene rings is 1. The van der Waals surface area contributed by atoms with E-state index in [9.17, 15) is 36.6 Å². The summed E-state index contributed by atoms with van der Waals surface area (Å²) in [6.07, 6.45) is -2.95. The van der Waals surface area contributed by atoms with Gasteiger partial charge in [0.05, 0.1) is 6.20 Å². The van der Waals surface area contributed by atoms with Gasteiger partial charge in [-0.05, 0) is 35.6 Å². The molecule has 1 unspecified atom stereocenters. The molecule has 210 valence electrons. The van der Waals surface area contributed by atoms with Gasteiger partial charge in [-0.25, -0.2) is 23.3 Å². The standard InChI is InChI=1S/C22H23F3N6O6S2/c1-29(2)21-28-10-17(38-21)31(39(35)36)14-4-6-30(19(14)32)15(20(33)34)8-12-7-11-3-5-27-18(26)13(11)9-16(12)37-22(23,24)25/h3,5,7,9-10,14-15H,4,6,8H2,1-2H3,(H2,26,27)(H,33,34)(H,35,36)/t14-,15+/m0/s1. The number of anilines is 3. The zero-order valence-corrected chi connectivity index (χ0v) is 22.1. The molecule has 3 heterocycles. The van der Waals surface area contributed by atoms with Crippen molar-refractivity contribution in [2.45, 2.75) is 31.3 Å². The Balaban J connectivity index is 1.67. The van der Waals surface area contributed by atoms with Crippen molar-refractivity contribution in [2.75, 3.05) is 35.6 Å². The van der Waals surface area contributed by atoms with Gasteiger partial charge in [-0.3, -0.25) is 9.35 Å². The van der Waals surface area contributed by atoms with Crippen LogP contribution in [0.5, 0.6) is 5.75 Å². The zero-order valence-electron chi connectivity index (χ0n) is 20.5. The van der Waals surface area contributed by atoms with Gasteiger partial charge in [0.15, 0.2) is 5.13 Å². The van der Waals surface area contributed by atoms with Crippen LogP contribution in [0.1, 0.15) is 12.0 Å². The number of nitrogen functional groups attached to an aromatic ring is 1. The molecule has 3 aromatic rings. The van der Waals surface area contributed by atoms with E-state index in [-0.39, 0.29) is 34.7 Å². The van der Waals surface area contributed by atoms with E-state index in [1.165, 1.54) is 24.5 Å². The molecule has 0 aliphatic carbocycles. The number of fused-ring (bicyclic) bond motifs is 1. The van der Waals surface area contributed by atoms with Gasteiger partial charge in [0.2, 0.25) is 5.91 Å². The molecule has 4 N–H and O–H groups in total. The fourth-order valence-electron chi connectivity index (χ4n) is 4.31. The van der Waals surface area contributed by atoms with Crippen molar-refractivity contribution in [1.82, 2.24) is 14.9 Å². The monoisotopic (exact) mass is 588 g/mol. The van der Waals surface area contributed by atoms with Crippen LogP contribution in [-0.4, -0.2) is 79.7 Å². The minimum Gasteiger partial charge on any atom is -0.480 e. The molecule has 39 heavy (non-hydrogen) atoms. The quantitative estimate of drug-likeness (QED) is 0.317. The van der Waals surface area contributed by atoms with E-state index in [4.69, 9.17) is 5.73 Å². The normalized spacial score (nSPS) is 17.3. The van der Waals surface area contributed by atoms with Gasteiger partial charge in [0, 0.05) is 38.6 Å². The molecule has 2 aromatic heterocycles. The van der Waals surface area contributed by atoms with Gasteiger partial charge >= 0.3 is 12.3 Å². The van der Waals surface area contributed by atoms with E-state index < -0.39 is 53.8 Å². The van der Waals surface area contributed by atoms with Crippen molar-refractivity contribution in [2.24, 2.45) is 0 Å². The number of carbonyl (C=O) groups is 2. The number of carboxylic acids is 1. The number of thiazole rings is 1. The summed E-state index contributed by atoms with van der Waals surface area (Å²) in [5.74, 6) is -2.96. The lowest BCUT2D eigenvalue weighted by molar-refractivity contribution is -0.274. The highest BCUT2D eigenvalue weighted by molar-refractivity contribution is 7.81. The number of nitrogens with zero attached hydrogens (tertiary/aromatic N) is 5. The molecule has 1 aromatic carbocycles. The maximum atomic E-state index is 13.4. The minimum atomic E-state index is -5.08. The van der Waals surface area contributed by atoms with E-state index in [1.54, 1.807) is 19.0 Å². The van der Waals surface area contributed by atoms with E-state index >= 15 is 0 Å². The van der Waals surface area contributed by atoms with E-state index in [0.29, 0.717) is 10.5 Å². The number of nitrogens with two attached hydrogens (primary N) is 1. The number of rotatable bonds is 9. The number of likely N-dealkylation sites (tertiary alicyclic amines) is 1. The Morgan fingerprint density at radius 1 is 1.36 bits per heavy atom. The molecule has 1 saturated heterocycles. The number of halogens is 3. The summed E-state index contributed by atoms with van der Waals surface area (Å²) in [4.78, 5) is 36.3. The second-order valence-corrected chi connectivity index (χ2v) is 10.6. The third-order valence-corrected chi connectivity index (χ3v) is 8.09. The molecule has 17 heteroatoms. The number of hydrogen-bond acceptors (Lipinski definition) is 9. The first kappa shape index (κ1) is 28.3. The number of carboxylic acid groups (broad SMARTS) is 1. The van der Waals surface area contributed by atoms with Crippen molar-refractivity contribution < 1.29 is 41.4 Å². The molecule has 12 nitrogen and oxygen atoms in total. The Hall–Kier alpha value is -3.70. The van der Waals surface area contributed by atoms with Crippen LogP contribution >= 0.6 is 11.3 Å². The van der Waals surface area contributed by atoms with Gasteiger partial charge in [-0.1, -0.05) is 11.3 Å². The van der Waals surface area contributed by atoms with Crippen molar-refractivity contribution in [3.8, 4) is 5.75 Å². The average molecular weight is 589 g/mol. The van der Waals surface area contributed by atoms with E-state index in [1.807, 2.05) is 0 Å². The van der Waals surface area contributed by atoms with Crippen LogP contribution in [0.25, 0.3) is 10.8 Å². The van der Waals surface area contributed by atoms with Crippen LogP contribution in [-0.2, 0) is 27.3 Å². The highest BCUT2D eigenvalue weighted by atomic mass is 32.2. The van der Waals surface area contributed by atoms with Gasteiger partial charge in [0.25, 0.3) is 11.3 Å². The van der Waals surface area contributed by atoms with Crippen LogP contribution < -0.4 is 19.7 Å². The topological polar surface area (TPSA) is 162 Å². The van der Waals surface area contributed by atoms with Crippen LogP contribution in [0.2, 0.25) is 0 Å². The van der Waals surface area contributed by atoms with Crippen LogP contribution in [0, 0.1) is 0 Å². The number of hydrogen-bond donors (Lipinski definition) is 3. The molecular weight excluding hydrogens is 565 g/mol. The first-order chi connectivity index (χ1) is 18.3. The zero-order chi connectivity index (χ0) is 28.6. The molecule has 1 aliphatic heterocycles. The molecule has 3 atom stereocenters. The summed E-state index contributed by atoms with van der Waals surface area (Å²) in [5, 5.41) is 11.3. The van der Waals surface area contributed by atoms with Crippen LogP contribution in [0.3, 0.4) is 0 Å². The smallest absolute Gasteiger partial charge is 0.480 e. The second-order valence-electron chi connectivity index (χ2n) is 8.75. The molecule has 1 fully saturated rings. The van der Waals surface area contributed by atoms with Gasteiger partial charge in [-0.15, -0.1) is 13.2 Å². The predicted octanol–water partition coefficient (Wildman–Crippen LogP) is 2.48. The molecular formula is C22H23F3N6O6S2. The number of carbonyl (C=O) groups excluding carboxylic acids is 1. The molecule has 0 radical (unpaired) electrons. The van der Waals surface area contributed by atoms with Crippen LogP contribution in [0.4, 0.5) is 29.1 Å². The minimum absolute atomic E-state index is 0.00403. The summed E-state index contributed by atoms with van der Waals surface area (Å²) in [6.45, 7) is -0.118. The average Bonchev–Trinajstić information content (AvgIpc) is 3.45. The van der Waals surface area contributed by atoms with Gasteiger partial charge in [0.1, 0.15) is 28.7 Å². The molecule has 4 rings (SSSR count). The third-order valence-electron chi connectivity index (χ3n) is 6.02. The highest BCUT2D eigenvalue weighted by Crippen LogP contribution is 2.36. The summed E-state index contributed by atoms with van der Waals surface area (Å²) in [5.41, 5.74) is 5.66. The summed E-state index contributed by atoms with van der Waals surface area (Å²) >= 11 is -1.59. The predicted molar refractivity (Wildman–Crippen MR) is 138 cm³/mol. The Labute approximate surface area is 226 Å². The largest absolute Gasteiger partial charge is 0.573 e. The number of ether oxygens (including phenoxy) is 1. The molecule has 0 spiro atoms. The number of aromatic nitrogens is 2. The third kappa shape index (κ3) is 5.99. The first-order valence-corrected chi connectivity index (χ1v) is 13.1. The Kier molecular flexibility index (Phi) is 7.85. The van der Waals surface area contributed by atoms with E-state index in [0.717, 1.165) is 26.6 Å². The number of pyridine rings is 1. The van der Waals surface area contributed by atoms with Crippen LogP contribution in [0.15, 0.2) is 30.6 Å². The molecule has 0 bridgehead atoms. The molecule has 0 saturated carbocycles. The Morgan fingerprint density at radius 2 is 2.08 bits per heavy atom. The second kappa shape index (κ2) is 10.8. The number of alkyl halides is 3. The lowest BCUT2D eigenvalue weighted by Crippen LogP contribution is -2.48.